The summed E-state index contributed by atoms with van der Waals surface area (Å²) >= 11 is 0. The van der Waals surface area contributed by atoms with E-state index in [0.717, 1.165) is 22.4 Å². The van der Waals surface area contributed by atoms with Crippen molar-refractivity contribution in [3.05, 3.63) is 70.3 Å². The van der Waals surface area contributed by atoms with Crippen molar-refractivity contribution < 1.29 is 31.0 Å². The third kappa shape index (κ3) is 7.39. The molecule has 0 bridgehead atoms. The zero-order valence-electron chi connectivity index (χ0n) is 17.7. The molecular weight excluding hydrogens is 420 g/mol. The van der Waals surface area contributed by atoms with Crippen molar-refractivity contribution in [2.45, 2.75) is 58.9 Å². The van der Waals surface area contributed by atoms with Gasteiger partial charge >= 0.3 is 26.2 Å². The van der Waals surface area contributed by atoms with Gasteiger partial charge in [0.15, 0.2) is 0 Å². The zero-order chi connectivity index (χ0) is 17.9. The first-order chi connectivity index (χ1) is 11.2. The van der Waals surface area contributed by atoms with Gasteiger partial charge in [0.05, 0.1) is 5.91 Å². The van der Waals surface area contributed by atoms with E-state index in [1.54, 1.807) is 6.20 Å². The Labute approximate surface area is 195 Å². The summed E-state index contributed by atoms with van der Waals surface area (Å²) in [6.45, 7) is 12.3. The number of carbonyl (C=O) groups excluding carboxylic acids is 1. The van der Waals surface area contributed by atoms with Gasteiger partial charge in [0.1, 0.15) is 0 Å². The van der Waals surface area contributed by atoms with Crippen LogP contribution in [0.4, 0.5) is 0 Å². The zero-order valence-corrected chi connectivity index (χ0v) is 20.2. The van der Waals surface area contributed by atoms with Gasteiger partial charge in [-0.25, -0.2) is 0 Å². The van der Waals surface area contributed by atoms with E-state index >= 15 is 0 Å². The molecule has 0 saturated carbocycles. The molecule has 0 N–H and O–H groups in total. The van der Waals surface area contributed by atoms with Crippen LogP contribution in [0, 0.1) is 0 Å². The number of pyridine rings is 1. The molecule has 0 atom stereocenters. The first kappa shape index (κ1) is 31.6. The fourth-order valence-electron chi connectivity index (χ4n) is 2.89. The predicted molar refractivity (Wildman–Crippen MR) is 117 cm³/mol. The number of rotatable bonds is 5. The molecule has 0 aliphatic rings. The van der Waals surface area contributed by atoms with Gasteiger partial charge < -0.3 is 35.4 Å². The summed E-state index contributed by atoms with van der Waals surface area (Å²) in [4.78, 5) is 17.5. The molecule has 7 heteroatoms. The molecule has 2 aromatic rings. The molecule has 0 aliphatic carbocycles. The van der Waals surface area contributed by atoms with Gasteiger partial charge in [0.25, 0.3) is 0 Å². The molecule has 1 heterocycles. The molecule has 0 aliphatic heterocycles. The summed E-state index contributed by atoms with van der Waals surface area (Å²) < 4.78 is 0. The Morgan fingerprint density at radius 2 is 1.39 bits per heavy atom. The summed E-state index contributed by atoms with van der Waals surface area (Å²) in [5.41, 5.74) is 3.02. The van der Waals surface area contributed by atoms with E-state index in [-0.39, 0.29) is 69.2 Å². The molecular formula is C21H27B3N2OZr. The number of hydrogen-bond donors (Lipinski definition) is 0. The van der Waals surface area contributed by atoms with Crippen LogP contribution in [0.2, 0.25) is 0 Å². The molecule has 2 rings (SSSR count). The molecule has 1 amide bonds. The third-order valence-corrected chi connectivity index (χ3v) is 4.26. The van der Waals surface area contributed by atoms with Gasteiger partial charge in [0.2, 0.25) is 0 Å². The quantitative estimate of drug-likeness (QED) is 0.628. The van der Waals surface area contributed by atoms with E-state index in [1.165, 1.54) is 0 Å². The molecule has 0 spiro atoms. The standard InChI is InChI=1S/C21H28N2O.3B.Zr/c1-14(2)16-10-9-11-17(15(3)4)19(16)20(24)23-21(5,6)18-12-7-8-13-22-18;;;;/h7-15H,1-6H3,(H,23,24);;;;/q;3*-1;+4/p-1. The molecule has 3 nitrogen and oxygen atoms in total. The van der Waals surface area contributed by atoms with E-state index in [1.807, 2.05) is 50.2 Å². The van der Waals surface area contributed by atoms with Gasteiger partial charge in [-0.2, -0.15) is 0 Å². The number of amides is 1. The van der Waals surface area contributed by atoms with Gasteiger partial charge in [-0.05, 0) is 35.1 Å². The molecule has 0 unspecified atom stereocenters. The molecule has 1 aromatic heterocycles. The van der Waals surface area contributed by atoms with Crippen molar-refractivity contribution in [3.8, 4) is 0 Å². The van der Waals surface area contributed by atoms with Crippen molar-refractivity contribution in [3.63, 3.8) is 0 Å². The summed E-state index contributed by atoms with van der Waals surface area (Å²) in [5.74, 6) is 0.394. The first-order valence-electron chi connectivity index (χ1n) is 8.55. The smallest absolute Gasteiger partial charge is 1.00 e. The van der Waals surface area contributed by atoms with Crippen molar-refractivity contribution >= 4 is 31.1 Å². The summed E-state index contributed by atoms with van der Waals surface area (Å²) in [7, 11) is 0. The molecule has 1 aromatic carbocycles. The normalized spacial score (nSPS) is 10.1. The van der Waals surface area contributed by atoms with E-state index in [0.29, 0.717) is 0 Å². The minimum Gasteiger partial charge on any atom is -1.00 e. The Morgan fingerprint density at radius 3 is 1.79 bits per heavy atom. The number of hydrogen-bond acceptors (Lipinski definition) is 2. The van der Waals surface area contributed by atoms with Gasteiger partial charge in [0, 0.05) is 17.5 Å². The van der Waals surface area contributed by atoms with Crippen molar-refractivity contribution in [2.75, 3.05) is 0 Å². The second-order valence-electron chi connectivity index (χ2n) is 7.31. The second kappa shape index (κ2) is 13.2. The van der Waals surface area contributed by atoms with Crippen LogP contribution < -0.4 is 0 Å². The molecule has 12 radical (unpaired) electrons. The first-order valence-corrected chi connectivity index (χ1v) is 8.55. The summed E-state index contributed by atoms with van der Waals surface area (Å²) in [5, 5.41) is 4.53. The topological polar surface area (TPSA) is 44.1 Å². The fourth-order valence-corrected chi connectivity index (χ4v) is 2.89. The molecule has 28 heavy (non-hydrogen) atoms. The molecule has 0 fully saturated rings. The van der Waals surface area contributed by atoms with Crippen molar-refractivity contribution in [2.24, 2.45) is 0 Å². The molecule has 0 saturated heterocycles. The van der Waals surface area contributed by atoms with Crippen LogP contribution >= 0.6 is 0 Å². The maximum Gasteiger partial charge on any atom is 4.00 e. The Hall–Kier alpha value is -1.08. The Bertz CT molecular complexity index is 697. The fraction of sp³-hybridized carbons (Fsp3) is 0.429. The Kier molecular flexibility index (Phi) is 14.9. The van der Waals surface area contributed by atoms with E-state index in [2.05, 4.69) is 38.0 Å². The minimum atomic E-state index is -0.656. The van der Waals surface area contributed by atoms with Crippen LogP contribution in [0.3, 0.4) is 0 Å². The van der Waals surface area contributed by atoms with E-state index < -0.39 is 5.54 Å². The predicted octanol–water partition coefficient (Wildman–Crippen LogP) is 4.63. The second-order valence-corrected chi connectivity index (χ2v) is 7.31. The average Bonchev–Trinajstić information content (AvgIpc) is 2.54. The van der Waals surface area contributed by atoms with E-state index in [9.17, 15) is 4.79 Å². The van der Waals surface area contributed by atoms with Crippen LogP contribution in [0.15, 0.2) is 42.6 Å². The van der Waals surface area contributed by atoms with Crippen LogP contribution in [-0.2, 0) is 31.7 Å². The number of benzene rings is 1. The summed E-state index contributed by atoms with van der Waals surface area (Å²) in [6.07, 6.45) is 1.73. The third-order valence-electron chi connectivity index (χ3n) is 4.26. The van der Waals surface area contributed by atoms with Crippen molar-refractivity contribution in [1.29, 1.82) is 0 Å². The Morgan fingerprint density at radius 1 is 0.893 bits per heavy atom. The minimum absolute atomic E-state index is 0. The van der Waals surface area contributed by atoms with Crippen LogP contribution in [0.5, 0.6) is 0 Å². The Balaban J connectivity index is -0.00000156. The monoisotopic (exact) mass is 446 g/mol. The van der Waals surface area contributed by atoms with E-state index in [4.69, 9.17) is 0 Å². The number of nitrogens with zero attached hydrogens (tertiary/aromatic N) is 2. The van der Waals surface area contributed by atoms with Crippen LogP contribution in [0.25, 0.3) is 5.32 Å². The maximum atomic E-state index is 13.1. The number of carbonyl (C=O) groups is 1. The SMILES string of the molecule is CC(C)c1cccc(C(C)C)c1C(=O)[N-]C(C)(C)c1ccccn1.[B-].[B-].[B-].[Zr+4]. The largest absolute Gasteiger partial charge is 4.00 e. The number of aromatic nitrogens is 1. The van der Waals surface area contributed by atoms with Gasteiger partial charge in [-0.1, -0.05) is 71.3 Å². The van der Waals surface area contributed by atoms with Crippen molar-refractivity contribution in [1.82, 2.24) is 4.98 Å². The van der Waals surface area contributed by atoms with Gasteiger partial charge in [-0.3, -0.25) is 4.98 Å². The summed E-state index contributed by atoms with van der Waals surface area (Å²) in [6, 6.07) is 11.8. The van der Waals surface area contributed by atoms with Crippen LogP contribution in [0.1, 0.15) is 80.6 Å². The van der Waals surface area contributed by atoms with Gasteiger partial charge in [-0.15, -0.1) is 0 Å². The molecule has 140 valence electrons. The van der Waals surface area contributed by atoms with Crippen LogP contribution in [-0.4, -0.2) is 36.1 Å². The average molecular weight is 447 g/mol. The maximum absolute atomic E-state index is 13.1.